The largest absolute Gasteiger partial charge is 0.357 e. The fourth-order valence-electron chi connectivity index (χ4n) is 3.17. The zero-order valence-electron chi connectivity index (χ0n) is 16.9. The lowest BCUT2D eigenvalue weighted by molar-refractivity contribution is 0.0954. The number of rotatable bonds is 8. The summed E-state index contributed by atoms with van der Waals surface area (Å²) < 4.78 is 0. The summed E-state index contributed by atoms with van der Waals surface area (Å²) in [5.41, 5.74) is 0.624. The van der Waals surface area contributed by atoms with Crippen molar-refractivity contribution in [3.05, 3.63) is 30.1 Å². The van der Waals surface area contributed by atoms with Crippen LogP contribution in [0.4, 0.5) is 0 Å². The molecule has 1 aliphatic heterocycles. The summed E-state index contributed by atoms with van der Waals surface area (Å²) in [7, 11) is 0. The van der Waals surface area contributed by atoms with E-state index in [2.05, 4.69) is 46.6 Å². The fraction of sp³-hybridized carbons (Fsp3) is 0.650. The van der Waals surface area contributed by atoms with Gasteiger partial charge in [0.2, 0.25) is 0 Å². The van der Waals surface area contributed by atoms with Crippen molar-refractivity contribution < 1.29 is 4.79 Å². The number of hydrogen-bond donors (Lipinski definition) is 3. The quantitative estimate of drug-likeness (QED) is 0.366. The molecule has 2 rings (SSSR count). The molecule has 0 saturated carbocycles. The van der Waals surface area contributed by atoms with Crippen LogP contribution in [0.2, 0.25) is 0 Å². The Hall–Kier alpha value is -2.15. The molecule has 1 aromatic rings. The summed E-state index contributed by atoms with van der Waals surface area (Å²) in [6, 6.07) is 3.51. The number of aliphatic imine (C=N–C) groups is 1. The van der Waals surface area contributed by atoms with Crippen molar-refractivity contribution in [1.29, 1.82) is 0 Å². The van der Waals surface area contributed by atoms with E-state index in [1.54, 1.807) is 24.5 Å². The van der Waals surface area contributed by atoms with Gasteiger partial charge in [0.05, 0.1) is 12.1 Å². The molecule has 0 atom stereocenters. The second-order valence-corrected chi connectivity index (χ2v) is 7.48. The number of carbonyl (C=O) groups excluding carboxylic acids is 1. The molecule has 0 bridgehead atoms. The zero-order chi connectivity index (χ0) is 19.5. The Balaban J connectivity index is 1.78. The van der Waals surface area contributed by atoms with Crippen LogP contribution in [0, 0.1) is 0 Å². The van der Waals surface area contributed by atoms with Crippen molar-refractivity contribution in [2.24, 2.45) is 4.99 Å². The summed E-state index contributed by atoms with van der Waals surface area (Å²) in [5, 5.41) is 9.46. The average molecular weight is 375 g/mol. The highest BCUT2D eigenvalue weighted by Gasteiger charge is 2.27. The number of carbonyl (C=O) groups is 1. The van der Waals surface area contributed by atoms with Crippen molar-refractivity contribution in [2.75, 3.05) is 39.3 Å². The molecular weight excluding hydrogens is 340 g/mol. The molecule has 0 unspecified atom stereocenters. The van der Waals surface area contributed by atoms with Crippen molar-refractivity contribution in [3.63, 3.8) is 0 Å². The van der Waals surface area contributed by atoms with Crippen LogP contribution >= 0.6 is 0 Å². The van der Waals surface area contributed by atoms with Crippen LogP contribution in [0.25, 0.3) is 0 Å². The molecule has 3 N–H and O–H groups in total. The van der Waals surface area contributed by atoms with E-state index in [1.807, 2.05) is 0 Å². The Kier molecular flexibility index (Phi) is 8.51. The number of pyridine rings is 1. The Labute approximate surface area is 163 Å². The molecule has 1 aliphatic rings. The molecule has 1 saturated heterocycles. The first-order valence-electron chi connectivity index (χ1n) is 9.98. The minimum atomic E-state index is -0.113. The van der Waals surface area contributed by atoms with E-state index in [4.69, 9.17) is 4.99 Å². The highest BCUT2D eigenvalue weighted by Crippen LogP contribution is 2.20. The maximum Gasteiger partial charge on any atom is 0.252 e. The second kappa shape index (κ2) is 10.9. The van der Waals surface area contributed by atoms with Gasteiger partial charge < -0.3 is 16.0 Å². The van der Waals surface area contributed by atoms with Gasteiger partial charge in [0, 0.05) is 37.6 Å². The van der Waals surface area contributed by atoms with E-state index >= 15 is 0 Å². The van der Waals surface area contributed by atoms with E-state index in [1.165, 1.54) is 19.3 Å². The molecule has 27 heavy (non-hydrogen) atoms. The predicted molar refractivity (Wildman–Crippen MR) is 110 cm³/mol. The molecule has 150 valence electrons. The number of guanidine groups is 1. The molecule has 2 heterocycles. The number of amides is 1. The smallest absolute Gasteiger partial charge is 0.252 e. The first-order valence-corrected chi connectivity index (χ1v) is 9.98. The summed E-state index contributed by atoms with van der Waals surface area (Å²) in [4.78, 5) is 23.3. The van der Waals surface area contributed by atoms with Crippen LogP contribution in [0.1, 0.15) is 50.4 Å². The summed E-state index contributed by atoms with van der Waals surface area (Å²) in [5.74, 6) is 0.677. The Bertz CT molecular complexity index is 596. The van der Waals surface area contributed by atoms with Gasteiger partial charge >= 0.3 is 0 Å². The highest BCUT2D eigenvalue weighted by atomic mass is 16.1. The van der Waals surface area contributed by atoms with Gasteiger partial charge in [-0.2, -0.15) is 0 Å². The van der Waals surface area contributed by atoms with E-state index in [0.29, 0.717) is 18.7 Å². The average Bonchev–Trinajstić information content (AvgIpc) is 2.70. The van der Waals surface area contributed by atoms with Crippen molar-refractivity contribution in [2.45, 2.75) is 45.6 Å². The number of hydrogen-bond acceptors (Lipinski definition) is 4. The van der Waals surface area contributed by atoms with Crippen molar-refractivity contribution in [3.8, 4) is 0 Å². The maximum atomic E-state index is 12.0. The minimum Gasteiger partial charge on any atom is -0.357 e. The van der Waals surface area contributed by atoms with Gasteiger partial charge in [-0.15, -0.1) is 0 Å². The topological polar surface area (TPSA) is 81.7 Å². The number of nitrogens with one attached hydrogen (secondary N) is 3. The summed E-state index contributed by atoms with van der Waals surface area (Å²) >= 11 is 0. The van der Waals surface area contributed by atoms with Gasteiger partial charge in [0.25, 0.3) is 5.91 Å². The third-order valence-corrected chi connectivity index (χ3v) is 4.81. The van der Waals surface area contributed by atoms with Crippen molar-refractivity contribution >= 4 is 11.9 Å². The predicted octanol–water partition coefficient (Wildman–Crippen LogP) is 1.63. The number of aromatic nitrogens is 1. The van der Waals surface area contributed by atoms with Crippen LogP contribution in [0.3, 0.4) is 0 Å². The number of likely N-dealkylation sites (tertiary alicyclic amines) is 1. The molecule has 7 nitrogen and oxygen atoms in total. The lowest BCUT2D eigenvalue weighted by Gasteiger charge is -2.40. The molecule has 1 fully saturated rings. The van der Waals surface area contributed by atoms with Gasteiger partial charge in [0.1, 0.15) is 0 Å². The lowest BCUT2D eigenvalue weighted by atomic mass is 9.99. The third kappa shape index (κ3) is 7.17. The van der Waals surface area contributed by atoms with E-state index in [9.17, 15) is 4.79 Å². The maximum absolute atomic E-state index is 12.0. The van der Waals surface area contributed by atoms with Gasteiger partial charge in [-0.3, -0.25) is 19.7 Å². The molecule has 0 aliphatic carbocycles. The lowest BCUT2D eigenvalue weighted by Crippen LogP contribution is -2.50. The van der Waals surface area contributed by atoms with Crippen molar-refractivity contribution in [1.82, 2.24) is 25.8 Å². The minimum absolute atomic E-state index is 0.0529. The van der Waals surface area contributed by atoms with Crippen LogP contribution in [-0.4, -0.2) is 66.6 Å². The van der Waals surface area contributed by atoms with E-state index in [-0.39, 0.29) is 11.4 Å². The first-order chi connectivity index (χ1) is 13.0. The Morgan fingerprint density at radius 2 is 1.93 bits per heavy atom. The Morgan fingerprint density at radius 3 is 2.59 bits per heavy atom. The second-order valence-electron chi connectivity index (χ2n) is 7.48. The SMILES string of the molecule is CCNC(=NCC(C)(C)N1CCCCC1)NCCNC(=O)c1cccnc1. The number of piperidine rings is 1. The van der Waals surface area contributed by atoms with E-state index < -0.39 is 0 Å². The van der Waals surface area contributed by atoms with Crippen LogP contribution < -0.4 is 16.0 Å². The monoisotopic (exact) mass is 374 g/mol. The normalized spacial score (nSPS) is 16.0. The van der Waals surface area contributed by atoms with Crippen LogP contribution in [0.5, 0.6) is 0 Å². The number of nitrogens with zero attached hydrogens (tertiary/aromatic N) is 3. The molecule has 0 aromatic carbocycles. The molecular formula is C20H34N6O. The molecule has 0 spiro atoms. The van der Waals surface area contributed by atoms with Gasteiger partial charge in [-0.05, 0) is 58.8 Å². The first kappa shape index (κ1) is 21.2. The molecule has 1 aromatic heterocycles. The van der Waals surface area contributed by atoms with Crippen LogP contribution in [-0.2, 0) is 0 Å². The summed E-state index contributed by atoms with van der Waals surface area (Å²) in [6.45, 7) is 11.6. The fourth-order valence-corrected chi connectivity index (χ4v) is 3.17. The highest BCUT2D eigenvalue weighted by molar-refractivity contribution is 5.93. The van der Waals surface area contributed by atoms with Gasteiger partial charge in [-0.25, -0.2) is 0 Å². The third-order valence-electron chi connectivity index (χ3n) is 4.81. The molecule has 7 heteroatoms. The molecule has 1 amide bonds. The Morgan fingerprint density at radius 1 is 1.19 bits per heavy atom. The van der Waals surface area contributed by atoms with E-state index in [0.717, 1.165) is 32.1 Å². The zero-order valence-corrected chi connectivity index (χ0v) is 16.9. The van der Waals surface area contributed by atoms with Gasteiger partial charge in [-0.1, -0.05) is 6.42 Å². The standard InChI is InChI=1S/C20H34N6O/c1-4-22-19(25-16-20(2,3)26-13-6-5-7-14-26)24-12-11-23-18(27)17-9-8-10-21-15-17/h8-10,15H,4-7,11-14,16H2,1-3H3,(H,23,27)(H2,22,24,25). The van der Waals surface area contributed by atoms with Gasteiger partial charge in [0.15, 0.2) is 5.96 Å². The molecule has 0 radical (unpaired) electrons. The van der Waals surface area contributed by atoms with Crippen LogP contribution in [0.15, 0.2) is 29.5 Å². The summed E-state index contributed by atoms with van der Waals surface area (Å²) in [6.07, 6.45) is 7.12.